The molecule has 0 aliphatic rings. The van der Waals surface area contributed by atoms with Crippen molar-refractivity contribution in [2.75, 3.05) is 5.32 Å². The van der Waals surface area contributed by atoms with E-state index in [1.54, 1.807) is 0 Å². The number of hydrogen-bond donors (Lipinski definition) is 1. The summed E-state index contributed by atoms with van der Waals surface area (Å²) in [6.45, 7) is 1.05. The van der Waals surface area contributed by atoms with Gasteiger partial charge in [-0.1, -0.05) is 6.07 Å². The number of benzene rings is 2. The average molecular weight is 372 g/mol. The highest BCUT2D eigenvalue weighted by Gasteiger charge is 2.17. The largest absolute Gasteiger partial charge is 0.437 e. The highest BCUT2D eigenvalue weighted by atomic mass is 19.1. The van der Waals surface area contributed by atoms with E-state index in [9.17, 15) is 24.1 Å². The lowest BCUT2D eigenvalue weighted by molar-refractivity contribution is -0.385. The monoisotopic (exact) mass is 372 g/mol. The molecular formula is C17H13FN4O5. The second-order valence-electron chi connectivity index (χ2n) is 5.59. The zero-order valence-electron chi connectivity index (χ0n) is 14.0. The van der Waals surface area contributed by atoms with Gasteiger partial charge in [0.1, 0.15) is 12.4 Å². The van der Waals surface area contributed by atoms with Gasteiger partial charge in [-0.2, -0.15) is 4.68 Å². The van der Waals surface area contributed by atoms with E-state index >= 15 is 0 Å². The number of nitro benzene ring substituents is 1. The number of amides is 1. The third kappa shape index (κ3) is 3.89. The minimum absolute atomic E-state index is 0.0562. The van der Waals surface area contributed by atoms with Crippen LogP contribution in [0.1, 0.15) is 5.56 Å². The Kier molecular flexibility index (Phi) is 4.79. The van der Waals surface area contributed by atoms with Gasteiger partial charge in [-0.05, 0) is 37.3 Å². The maximum atomic E-state index is 13.0. The first-order valence-corrected chi connectivity index (χ1v) is 7.73. The highest BCUT2D eigenvalue weighted by Crippen LogP contribution is 2.25. The molecule has 0 unspecified atom stereocenters. The van der Waals surface area contributed by atoms with Gasteiger partial charge in [0.15, 0.2) is 0 Å². The van der Waals surface area contributed by atoms with Crippen molar-refractivity contribution < 1.29 is 18.5 Å². The summed E-state index contributed by atoms with van der Waals surface area (Å²) in [5, 5.41) is 17.4. The Labute approximate surface area is 151 Å². The quantitative estimate of drug-likeness (QED) is 0.543. The van der Waals surface area contributed by atoms with Crippen molar-refractivity contribution in [3.8, 4) is 11.5 Å². The molecule has 0 fully saturated rings. The van der Waals surface area contributed by atoms with E-state index in [0.29, 0.717) is 5.56 Å². The number of halogens is 1. The van der Waals surface area contributed by atoms with Crippen molar-refractivity contribution in [3.05, 3.63) is 74.5 Å². The molecular weight excluding hydrogens is 359 g/mol. The molecule has 0 bridgehead atoms. The first-order valence-electron chi connectivity index (χ1n) is 7.73. The number of hydrogen-bond acceptors (Lipinski definition) is 6. The summed E-state index contributed by atoms with van der Waals surface area (Å²) < 4.78 is 18.7. The van der Waals surface area contributed by atoms with Gasteiger partial charge in [0.2, 0.25) is 11.8 Å². The number of aromatic nitrogens is 2. The van der Waals surface area contributed by atoms with Crippen LogP contribution >= 0.6 is 0 Å². The van der Waals surface area contributed by atoms with E-state index in [1.165, 1.54) is 49.4 Å². The summed E-state index contributed by atoms with van der Waals surface area (Å²) in [6.07, 6.45) is 0. The van der Waals surface area contributed by atoms with Crippen LogP contribution in [-0.2, 0) is 11.3 Å². The Hall–Kier alpha value is -3.82. The summed E-state index contributed by atoms with van der Waals surface area (Å²) in [6, 6.07) is 9.42. The van der Waals surface area contributed by atoms with Crippen LogP contribution in [0.3, 0.4) is 0 Å². The fourth-order valence-corrected chi connectivity index (χ4v) is 2.40. The predicted molar refractivity (Wildman–Crippen MR) is 92.6 cm³/mol. The molecule has 0 aliphatic heterocycles. The van der Waals surface area contributed by atoms with Crippen molar-refractivity contribution in [1.29, 1.82) is 0 Å². The normalized spacial score (nSPS) is 10.6. The first-order chi connectivity index (χ1) is 12.8. The first kappa shape index (κ1) is 18.0. The van der Waals surface area contributed by atoms with E-state index in [2.05, 4.69) is 10.4 Å². The summed E-state index contributed by atoms with van der Waals surface area (Å²) in [5.41, 5.74) is 0.784. The predicted octanol–water partition coefficient (Wildman–Crippen LogP) is 2.50. The van der Waals surface area contributed by atoms with E-state index in [-0.39, 0.29) is 22.8 Å². The maximum absolute atomic E-state index is 13.0. The minimum atomic E-state index is -0.861. The molecule has 9 nitrogen and oxygen atoms in total. The molecule has 0 aliphatic carbocycles. The maximum Gasteiger partial charge on any atom is 0.437 e. The number of nitro groups is 1. The summed E-state index contributed by atoms with van der Waals surface area (Å²) in [5.74, 6) is -1.98. The molecule has 0 radical (unpaired) electrons. The van der Waals surface area contributed by atoms with Gasteiger partial charge in [-0.3, -0.25) is 14.9 Å². The van der Waals surface area contributed by atoms with Gasteiger partial charge in [0.05, 0.1) is 16.2 Å². The van der Waals surface area contributed by atoms with Crippen molar-refractivity contribution in [2.45, 2.75) is 13.5 Å². The standard InChI is InChI=1S/C17H13FN4O5/c1-10-13(3-2-4-14(10)22(25)26)19-15(23)9-21-17(24)27-16(20-21)11-5-7-12(18)8-6-11/h2-8H,9H2,1H3,(H,19,23). The number of nitrogens with zero attached hydrogens (tertiary/aromatic N) is 3. The highest BCUT2D eigenvalue weighted by molar-refractivity contribution is 5.91. The van der Waals surface area contributed by atoms with Crippen molar-refractivity contribution in [3.63, 3.8) is 0 Å². The second kappa shape index (κ2) is 7.20. The third-order valence-corrected chi connectivity index (χ3v) is 3.77. The van der Waals surface area contributed by atoms with Crippen molar-refractivity contribution >= 4 is 17.3 Å². The molecule has 2 aromatic carbocycles. The van der Waals surface area contributed by atoms with Crippen LogP contribution in [-0.4, -0.2) is 20.6 Å². The molecule has 1 aromatic heterocycles. The lowest BCUT2D eigenvalue weighted by Crippen LogP contribution is -2.26. The van der Waals surface area contributed by atoms with Crippen LogP contribution in [0.2, 0.25) is 0 Å². The number of nitrogens with one attached hydrogen (secondary N) is 1. The van der Waals surface area contributed by atoms with E-state index in [0.717, 1.165) is 4.68 Å². The van der Waals surface area contributed by atoms with Crippen LogP contribution in [0.25, 0.3) is 11.5 Å². The van der Waals surface area contributed by atoms with Gasteiger partial charge < -0.3 is 9.73 Å². The Balaban J connectivity index is 1.77. The molecule has 10 heteroatoms. The molecule has 138 valence electrons. The molecule has 1 heterocycles. The molecule has 0 spiro atoms. The zero-order valence-corrected chi connectivity index (χ0v) is 14.0. The van der Waals surface area contributed by atoms with Gasteiger partial charge in [0, 0.05) is 11.6 Å². The molecule has 3 rings (SSSR count). The van der Waals surface area contributed by atoms with Gasteiger partial charge in [-0.25, -0.2) is 9.18 Å². The van der Waals surface area contributed by atoms with Crippen molar-refractivity contribution in [2.24, 2.45) is 0 Å². The molecule has 0 atom stereocenters. The number of carbonyl (C=O) groups excluding carboxylic acids is 1. The summed E-state index contributed by atoms with van der Waals surface area (Å²) in [7, 11) is 0. The topological polar surface area (TPSA) is 120 Å². The van der Waals surface area contributed by atoms with Crippen LogP contribution < -0.4 is 11.1 Å². The molecule has 3 aromatic rings. The van der Waals surface area contributed by atoms with Crippen LogP contribution in [0.5, 0.6) is 0 Å². The molecule has 27 heavy (non-hydrogen) atoms. The Morgan fingerprint density at radius 1 is 1.30 bits per heavy atom. The summed E-state index contributed by atoms with van der Waals surface area (Å²) >= 11 is 0. The lowest BCUT2D eigenvalue weighted by Gasteiger charge is -2.08. The smallest absolute Gasteiger partial charge is 0.388 e. The van der Waals surface area contributed by atoms with E-state index in [1.807, 2.05) is 0 Å². The summed E-state index contributed by atoms with van der Waals surface area (Å²) in [4.78, 5) is 34.5. The third-order valence-electron chi connectivity index (χ3n) is 3.77. The number of rotatable bonds is 5. The van der Waals surface area contributed by atoms with E-state index < -0.39 is 28.9 Å². The number of carbonyl (C=O) groups is 1. The SMILES string of the molecule is Cc1c(NC(=O)Cn2nc(-c3ccc(F)cc3)oc2=O)cccc1[N+](=O)[O-]. The van der Waals surface area contributed by atoms with Gasteiger partial charge in [-0.15, -0.1) is 5.10 Å². The fourth-order valence-electron chi connectivity index (χ4n) is 2.40. The Morgan fingerprint density at radius 3 is 2.67 bits per heavy atom. The fraction of sp³-hybridized carbons (Fsp3) is 0.118. The number of anilines is 1. The molecule has 1 N–H and O–H groups in total. The van der Waals surface area contributed by atoms with Gasteiger partial charge >= 0.3 is 5.76 Å². The second-order valence-corrected chi connectivity index (χ2v) is 5.59. The zero-order chi connectivity index (χ0) is 19.6. The van der Waals surface area contributed by atoms with Crippen LogP contribution in [0.15, 0.2) is 51.7 Å². The van der Waals surface area contributed by atoms with E-state index in [4.69, 9.17) is 4.42 Å². The Morgan fingerprint density at radius 2 is 2.00 bits per heavy atom. The van der Waals surface area contributed by atoms with Crippen LogP contribution in [0.4, 0.5) is 15.8 Å². The van der Waals surface area contributed by atoms with Crippen LogP contribution in [0, 0.1) is 22.9 Å². The minimum Gasteiger partial charge on any atom is -0.388 e. The van der Waals surface area contributed by atoms with Gasteiger partial charge in [0.25, 0.3) is 5.69 Å². The average Bonchev–Trinajstić information content (AvgIpc) is 2.97. The molecule has 1 amide bonds. The van der Waals surface area contributed by atoms with Crippen molar-refractivity contribution in [1.82, 2.24) is 9.78 Å². The molecule has 0 saturated carbocycles. The lowest BCUT2D eigenvalue weighted by atomic mass is 10.1. The molecule has 0 saturated heterocycles. The Bertz CT molecular complexity index is 1070.